The van der Waals surface area contributed by atoms with Crippen molar-refractivity contribution in [2.24, 2.45) is 11.3 Å². The van der Waals surface area contributed by atoms with Crippen LogP contribution in [-0.4, -0.2) is 23.5 Å². The summed E-state index contributed by atoms with van der Waals surface area (Å²) in [5, 5.41) is 11.7. The Kier molecular flexibility index (Phi) is 3.60. The summed E-state index contributed by atoms with van der Waals surface area (Å²) < 4.78 is 0. The molecule has 4 nitrogen and oxygen atoms in total. The van der Waals surface area contributed by atoms with Gasteiger partial charge in [-0.15, -0.1) is 0 Å². The third-order valence-corrected chi connectivity index (χ3v) is 3.83. The summed E-state index contributed by atoms with van der Waals surface area (Å²) in [4.78, 5) is 22.4. The molecule has 0 spiro atoms. The number of aromatic carboxylic acids is 1. The fourth-order valence-electron chi connectivity index (χ4n) is 2.17. The van der Waals surface area contributed by atoms with Crippen LogP contribution in [0.2, 0.25) is 0 Å². The highest BCUT2D eigenvalue weighted by Gasteiger charge is 2.45. The predicted molar refractivity (Wildman–Crippen MR) is 72.0 cm³/mol. The van der Waals surface area contributed by atoms with Crippen molar-refractivity contribution in [3.63, 3.8) is 0 Å². The molecule has 1 aliphatic rings. The minimum absolute atomic E-state index is 0.00854. The number of carbonyl (C=O) groups is 2. The van der Waals surface area contributed by atoms with Gasteiger partial charge in [0.25, 0.3) is 0 Å². The van der Waals surface area contributed by atoms with Crippen molar-refractivity contribution >= 4 is 11.9 Å². The standard InChI is InChI=1S/C15H19NO3/c1-15(2)8-12(15)9-16-13(17)7-10-3-5-11(6-4-10)14(18)19/h3-6,12H,7-9H2,1-2H3,(H,16,17)(H,18,19). The van der Waals surface area contributed by atoms with Gasteiger partial charge in [0.1, 0.15) is 0 Å². The second-order valence-electron chi connectivity index (χ2n) is 5.87. The Balaban J connectivity index is 1.80. The Hall–Kier alpha value is -1.84. The van der Waals surface area contributed by atoms with E-state index in [2.05, 4.69) is 19.2 Å². The lowest BCUT2D eigenvalue weighted by Gasteiger charge is -2.07. The van der Waals surface area contributed by atoms with Gasteiger partial charge >= 0.3 is 5.97 Å². The van der Waals surface area contributed by atoms with Crippen LogP contribution in [0.3, 0.4) is 0 Å². The molecule has 2 N–H and O–H groups in total. The first-order chi connectivity index (χ1) is 8.88. The second-order valence-corrected chi connectivity index (χ2v) is 5.87. The molecule has 1 unspecified atom stereocenters. The van der Waals surface area contributed by atoms with Gasteiger partial charge in [-0.1, -0.05) is 26.0 Å². The Morgan fingerprint density at radius 3 is 2.37 bits per heavy atom. The van der Waals surface area contributed by atoms with Crippen LogP contribution in [0.25, 0.3) is 0 Å². The molecule has 0 saturated heterocycles. The molecule has 1 fully saturated rings. The summed E-state index contributed by atoms with van der Waals surface area (Å²) in [5.41, 5.74) is 1.44. The van der Waals surface area contributed by atoms with E-state index in [1.54, 1.807) is 12.1 Å². The number of rotatable bonds is 5. The molecule has 2 rings (SSSR count). The largest absolute Gasteiger partial charge is 0.478 e. The van der Waals surface area contributed by atoms with Crippen molar-refractivity contribution in [3.05, 3.63) is 35.4 Å². The zero-order chi connectivity index (χ0) is 14.0. The number of hydrogen-bond donors (Lipinski definition) is 2. The number of hydrogen-bond acceptors (Lipinski definition) is 2. The first-order valence-corrected chi connectivity index (χ1v) is 6.47. The zero-order valence-electron chi connectivity index (χ0n) is 11.3. The van der Waals surface area contributed by atoms with Gasteiger partial charge in [-0.3, -0.25) is 4.79 Å². The predicted octanol–water partition coefficient (Wildman–Crippen LogP) is 2.09. The molecule has 1 aromatic rings. The van der Waals surface area contributed by atoms with Crippen LogP contribution in [0.5, 0.6) is 0 Å². The van der Waals surface area contributed by atoms with E-state index in [9.17, 15) is 9.59 Å². The average Bonchev–Trinajstić information content (AvgIpc) is 2.95. The van der Waals surface area contributed by atoms with Gasteiger partial charge in [0.15, 0.2) is 0 Å². The lowest BCUT2D eigenvalue weighted by atomic mass is 10.1. The molecule has 0 bridgehead atoms. The molecule has 0 radical (unpaired) electrons. The number of carbonyl (C=O) groups excluding carboxylic acids is 1. The van der Waals surface area contributed by atoms with Crippen molar-refractivity contribution in [2.45, 2.75) is 26.7 Å². The molecule has 0 heterocycles. The summed E-state index contributed by atoms with van der Waals surface area (Å²) >= 11 is 0. The number of carboxylic acid groups (broad SMARTS) is 1. The molecule has 1 saturated carbocycles. The highest BCUT2D eigenvalue weighted by Crippen LogP contribution is 2.50. The van der Waals surface area contributed by atoms with Crippen LogP contribution < -0.4 is 5.32 Å². The quantitative estimate of drug-likeness (QED) is 0.853. The lowest BCUT2D eigenvalue weighted by Crippen LogP contribution is -2.28. The summed E-state index contributed by atoms with van der Waals surface area (Å²) in [5.74, 6) is -0.372. The molecule has 0 aromatic heterocycles. The minimum atomic E-state index is -0.952. The highest BCUT2D eigenvalue weighted by molar-refractivity contribution is 5.87. The zero-order valence-corrected chi connectivity index (χ0v) is 11.3. The van der Waals surface area contributed by atoms with Crippen LogP contribution in [0.4, 0.5) is 0 Å². The molecule has 1 aliphatic carbocycles. The van der Waals surface area contributed by atoms with Crippen LogP contribution >= 0.6 is 0 Å². The maximum absolute atomic E-state index is 11.7. The number of nitrogens with one attached hydrogen (secondary N) is 1. The normalized spacial score (nSPS) is 19.8. The van der Waals surface area contributed by atoms with E-state index >= 15 is 0 Å². The SMILES string of the molecule is CC1(C)CC1CNC(=O)Cc1ccc(C(=O)O)cc1. The second kappa shape index (κ2) is 5.03. The van der Waals surface area contributed by atoms with Crippen molar-refractivity contribution in [3.8, 4) is 0 Å². The van der Waals surface area contributed by atoms with Gasteiger partial charge in [-0.2, -0.15) is 0 Å². The minimum Gasteiger partial charge on any atom is -0.478 e. The summed E-state index contributed by atoms with van der Waals surface area (Å²) in [6, 6.07) is 6.41. The number of amides is 1. The van der Waals surface area contributed by atoms with Crippen molar-refractivity contribution in [1.29, 1.82) is 0 Å². The fraction of sp³-hybridized carbons (Fsp3) is 0.467. The van der Waals surface area contributed by atoms with Crippen LogP contribution in [0.1, 0.15) is 36.2 Å². The smallest absolute Gasteiger partial charge is 0.335 e. The molecule has 19 heavy (non-hydrogen) atoms. The van der Waals surface area contributed by atoms with Crippen molar-refractivity contribution in [2.75, 3.05) is 6.54 Å². The molecule has 102 valence electrons. The number of carboxylic acids is 1. The topological polar surface area (TPSA) is 66.4 Å². The van der Waals surface area contributed by atoms with Crippen molar-refractivity contribution < 1.29 is 14.7 Å². The van der Waals surface area contributed by atoms with E-state index in [0.29, 0.717) is 17.8 Å². The summed E-state index contributed by atoms with van der Waals surface area (Å²) in [7, 11) is 0. The third kappa shape index (κ3) is 3.56. The van der Waals surface area contributed by atoms with E-state index in [4.69, 9.17) is 5.11 Å². The highest BCUT2D eigenvalue weighted by atomic mass is 16.4. The monoisotopic (exact) mass is 261 g/mol. The van der Waals surface area contributed by atoms with E-state index < -0.39 is 5.97 Å². The van der Waals surface area contributed by atoms with E-state index in [0.717, 1.165) is 12.1 Å². The van der Waals surface area contributed by atoms with Gasteiger partial charge < -0.3 is 10.4 Å². The Morgan fingerprint density at radius 1 is 1.32 bits per heavy atom. The number of benzene rings is 1. The molecule has 1 aromatic carbocycles. The fourth-order valence-corrected chi connectivity index (χ4v) is 2.17. The Labute approximate surface area is 112 Å². The first-order valence-electron chi connectivity index (χ1n) is 6.47. The van der Waals surface area contributed by atoms with Crippen LogP contribution in [0.15, 0.2) is 24.3 Å². The molecule has 0 aliphatic heterocycles. The van der Waals surface area contributed by atoms with Crippen LogP contribution in [0, 0.1) is 11.3 Å². The third-order valence-electron chi connectivity index (χ3n) is 3.83. The molecule has 1 atom stereocenters. The molecular weight excluding hydrogens is 242 g/mol. The van der Waals surface area contributed by atoms with E-state index in [1.165, 1.54) is 18.6 Å². The maximum atomic E-state index is 11.7. The Morgan fingerprint density at radius 2 is 1.89 bits per heavy atom. The summed E-state index contributed by atoms with van der Waals surface area (Å²) in [6.45, 7) is 5.14. The van der Waals surface area contributed by atoms with Crippen molar-refractivity contribution in [1.82, 2.24) is 5.32 Å². The van der Waals surface area contributed by atoms with Gasteiger partial charge in [0, 0.05) is 6.54 Å². The average molecular weight is 261 g/mol. The molecular formula is C15H19NO3. The molecule has 4 heteroatoms. The van der Waals surface area contributed by atoms with Gasteiger partial charge in [0.05, 0.1) is 12.0 Å². The van der Waals surface area contributed by atoms with E-state index in [-0.39, 0.29) is 11.5 Å². The van der Waals surface area contributed by atoms with Gasteiger partial charge in [0.2, 0.25) is 5.91 Å². The maximum Gasteiger partial charge on any atom is 0.335 e. The first kappa shape index (κ1) is 13.6. The van der Waals surface area contributed by atoms with Crippen LogP contribution in [-0.2, 0) is 11.2 Å². The molecule has 1 amide bonds. The lowest BCUT2D eigenvalue weighted by molar-refractivity contribution is -0.120. The Bertz CT molecular complexity index is 491. The van der Waals surface area contributed by atoms with Gasteiger partial charge in [-0.05, 0) is 35.4 Å². The summed E-state index contributed by atoms with van der Waals surface area (Å²) in [6.07, 6.45) is 1.47. The van der Waals surface area contributed by atoms with E-state index in [1.807, 2.05) is 0 Å². The van der Waals surface area contributed by atoms with Gasteiger partial charge in [-0.25, -0.2) is 4.79 Å².